The average molecular weight is 222 g/mol. The first-order valence-corrected chi connectivity index (χ1v) is 4.23. The zero-order valence-electron chi connectivity index (χ0n) is 7.80. The summed E-state index contributed by atoms with van der Waals surface area (Å²) in [6.45, 7) is 0. The molecule has 0 aliphatic rings. The van der Waals surface area contributed by atoms with Crippen LogP contribution in [0.25, 0.3) is 10.9 Å². The van der Waals surface area contributed by atoms with E-state index in [4.69, 9.17) is 5.11 Å². The Morgan fingerprint density at radius 3 is 2.69 bits per heavy atom. The van der Waals surface area contributed by atoms with Crippen LogP contribution < -0.4 is 0 Å². The van der Waals surface area contributed by atoms with Gasteiger partial charge >= 0.3 is 11.7 Å². The molecule has 0 saturated heterocycles. The predicted octanol–water partition coefficient (Wildman–Crippen LogP) is 1.48. The SMILES string of the molecule is O=C(O)c1cc2c([N+](=O)[O-])c(O)ccc2[nH]1. The van der Waals surface area contributed by atoms with E-state index in [0.29, 0.717) is 5.52 Å². The number of nitrogens with zero attached hydrogens (tertiary/aromatic N) is 1. The Bertz CT molecular complexity index is 601. The number of carboxylic acid groups (broad SMARTS) is 1. The molecule has 0 aliphatic heterocycles. The molecule has 0 radical (unpaired) electrons. The predicted molar refractivity (Wildman–Crippen MR) is 53.6 cm³/mol. The van der Waals surface area contributed by atoms with Crippen molar-refractivity contribution in [1.82, 2.24) is 4.98 Å². The monoisotopic (exact) mass is 222 g/mol. The van der Waals surface area contributed by atoms with Gasteiger partial charge in [-0.05, 0) is 18.2 Å². The van der Waals surface area contributed by atoms with Gasteiger partial charge in [0.2, 0.25) is 0 Å². The molecule has 0 aliphatic carbocycles. The number of phenols is 1. The number of carboxylic acids is 1. The van der Waals surface area contributed by atoms with E-state index in [1.54, 1.807) is 0 Å². The van der Waals surface area contributed by atoms with Crippen LogP contribution in [0.4, 0.5) is 5.69 Å². The molecule has 82 valence electrons. The number of aromatic carboxylic acids is 1. The van der Waals surface area contributed by atoms with E-state index < -0.39 is 22.3 Å². The van der Waals surface area contributed by atoms with E-state index in [1.807, 2.05) is 0 Å². The lowest BCUT2D eigenvalue weighted by Crippen LogP contribution is -1.94. The Labute approximate surface area is 88.1 Å². The molecule has 0 bridgehead atoms. The molecule has 3 N–H and O–H groups in total. The molecule has 1 aromatic carbocycles. The van der Waals surface area contributed by atoms with Crippen LogP contribution in [0.3, 0.4) is 0 Å². The maximum Gasteiger partial charge on any atom is 0.352 e. The van der Waals surface area contributed by atoms with Crippen LogP contribution >= 0.6 is 0 Å². The number of hydrogen-bond acceptors (Lipinski definition) is 4. The van der Waals surface area contributed by atoms with Crippen molar-refractivity contribution < 1.29 is 19.9 Å². The zero-order valence-corrected chi connectivity index (χ0v) is 7.80. The van der Waals surface area contributed by atoms with Crippen molar-refractivity contribution in [2.45, 2.75) is 0 Å². The van der Waals surface area contributed by atoms with Gasteiger partial charge in [0.15, 0.2) is 5.75 Å². The lowest BCUT2D eigenvalue weighted by molar-refractivity contribution is -0.384. The standard InChI is InChI=1S/C9H6N2O5/c12-7-2-1-5-4(8(7)11(15)16)3-6(10-5)9(13)14/h1-3,10,12H,(H,13,14). The quantitative estimate of drug-likeness (QED) is 0.525. The number of fused-ring (bicyclic) bond motifs is 1. The van der Waals surface area contributed by atoms with Crippen molar-refractivity contribution in [3.05, 3.63) is 34.0 Å². The van der Waals surface area contributed by atoms with E-state index in [9.17, 15) is 20.0 Å². The van der Waals surface area contributed by atoms with Crippen LogP contribution in [-0.2, 0) is 0 Å². The number of nitrogens with one attached hydrogen (secondary N) is 1. The third-order valence-corrected chi connectivity index (χ3v) is 2.17. The number of nitro groups is 1. The number of carbonyl (C=O) groups is 1. The fraction of sp³-hybridized carbons (Fsp3) is 0. The van der Waals surface area contributed by atoms with Crippen LogP contribution in [-0.4, -0.2) is 26.1 Å². The smallest absolute Gasteiger partial charge is 0.352 e. The van der Waals surface area contributed by atoms with E-state index in [0.717, 1.165) is 12.1 Å². The summed E-state index contributed by atoms with van der Waals surface area (Å²) < 4.78 is 0. The number of hydrogen-bond donors (Lipinski definition) is 3. The van der Waals surface area contributed by atoms with Gasteiger partial charge in [0.1, 0.15) is 5.69 Å². The zero-order chi connectivity index (χ0) is 11.9. The fourth-order valence-corrected chi connectivity index (χ4v) is 1.48. The van der Waals surface area contributed by atoms with Crippen LogP contribution in [0.2, 0.25) is 0 Å². The molecule has 0 amide bonds. The Morgan fingerprint density at radius 1 is 1.44 bits per heavy atom. The van der Waals surface area contributed by atoms with Gasteiger partial charge < -0.3 is 15.2 Å². The molecule has 7 heteroatoms. The van der Waals surface area contributed by atoms with Gasteiger partial charge in [0, 0.05) is 0 Å². The molecular formula is C9H6N2O5. The van der Waals surface area contributed by atoms with E-state index in [-0.39, 0.29) is 11.1 Å². The number of H-pyrrole nitrogens is 1. The molecule has 0 saturated carbocycles. The topological polar surface area (TPSA) is 116 Å². The van der Waals surface area contributed by atoms with E-state index in [2.05, 4.69) is 4.98 Å². The van der Waals surface area contributed by atoms with Crippen molar-refractivity contribution in [2.24, 2.45) is 0 Å². The summed E-state index contributed by atoms with van der Waals surface area (Å²) in [7, 11) is 0. The number of aromatic nitrogens is 1. The van der Waals surface area contributed by atoms with E-state index >= 15 is 0 Å². The van der Waals surface area contributed by atoms with Crippen LogP contribution in [0.15, 0.2) is 18.2 Å². The van der Waals surface area contributed by atoms with E-state index in [1.165, 1.54) is 6.07 Å². The summed E-state index contributed by atoms with van der Waals surface area (Å²) in [6, 6.07) is 3.64. The second-order valence-corrected chi connectivity index (χ2v) is 3.14. The number of phenolic OH excluding ortho intramolecular Hbond substituents is 1. The summed E-state index contributed by atoms with van der Waals surface area (Å²) in [6.07, 6.45) is 0. The molecule has 2 aromatic rings. The maximum atomic E-state index is 10.7. The van der Waals surface area contributed by atoms with Crippen LogP contribution in [0.5, 0.6) is 5.75 Å². The molecule has 0 unspecified atom stereocenters. The first-order valence-electron chi connectivity index (χ1n) is 4.23. The lowest BCUT2D eigenvalue weighted by atomic mass is 10.2. The van der Waals surface area contributed by atoms with Gasteiger partial charge in [-0.15, -0.1) is 0 Å². The van der Waals surface area contributed by atoms with Gasteiger partial charge in [-0.3, -0.25) is 10.1 Å². The van der Waals surface area contributed by atoms with Gasteiger partial charge in [0.05, 0.1) is 15.8 Å². The first kappa shape index (κ1) is 9.97. The highest BCUT2D eigenvalue weighted by Gasteiger charge is 2.21. The number of rotatable bonds is 2. The Balaban J connectivity index is 2.82. The molecule has 16 heavy (non-hydrogen) atoms. The Morgan fingerprint density at radius 2 is 2.12 bits per heavy atom. The molecule has 1 heterocycles. The number of benzene rings is 1. The largest absolute Gasteiger partial charge is 0.502 e. The first-order chi connectivity index (χ1) is 7.50. The summed E-state index contributed by atoms with van der Waals surface area (Å²) in [5, 5.41) is 28.8. The minimum Gasteiger partial charge on any atom is -0.502 e. The highest BCUT2D eigenvalue weighted by molar-refractivity contribution is 5.98. The lowest BCUT2D eigenvalue weighted by Gasteiger charge is -1.96. The summed E-state index contributed by atoms with van der Waals surface area (Å²) in [5.74, 6) is -1.71. The summed E-state index contributed by atoms with van der Waals surface area (Å²) in [4.78, 5) is 23.1. The number of aromatic amines is 1. The Kier molecular flexibility index (Phi) is 2.01. The number of nitro benzene ring substituents is 1. The average Bonchev–Trinajstić information content (AvgIpc) is 2.60. The van der Waals surface area contributed by atoms with Crippen molar-refractivity contribution in [3.8, 4) is 5.75 Å². The molecule has 7 nitrogen and oxygen atoms in total. The van der Waals surface area contributed by atoms with Crippen molar-refractivity contribution in [1.29, 1.82) is 0 Å². The molecular weight excluding hydrogens is 216 g/mol. The van der Waals surface area contributed by atoms with Gasteiger partial charge in [-0.1, -0.05) is 0 Å². The highest BCUT2D eigenvalue weighted by Crippen LogP contribution is 2.34. The van der Waals surface area contributed by atoms with Crippen molar-refractivity contribution in [3.63, 3.8) is 0 Å². The molecule has 0 atom stereocenters. The molecule has 0 fully saturated rings. The fourth-order valence-electron chi connectivity index (χ4n) is 1.48. The highest BCUT2D eigenvalue weighted by atomic mass is 16.6. The second-order valence-electron chi connectivity index (χ2n) is 3.14. The minimum absolute atomic E-state index is 0.0717. The second kappa shape index (κ2) is 3.23. The molecule has 2 rings (SSSR count). The molecule has 0 spiro atoms. The Hall–Kier alpha value is -2.57. The van der Waals surface area contributed by atoms with Gasteiger partial charge in [0.25, 0.3) is 0 Å². The maximum absolute atomic E-state index is 10.7. The number of aromatic hydroxyl groups is 1. The van der Waals surface area contributed by atoms with Crippen molar-refractivity contribution >= 4 is 22.6 Å². The van der Waals surface area contributed by atoms with Gasteiger partial charge in [-0.2, -0.15) is 0 Å². The summed E-state index contributed by atoms with van der Waals surface area (Å²) >= 11 is 0. The van der Waals surface area contributed by atoms with Crippen LogP contribution in [0, 0.1) is 10.1 Å². The third kappa shape index (κ3) is 1.34. The van der Waals surface area contributed by atoms with Gasteiger partial charge in [-0.25, -0.2) is 4.79 Å². The van der Waals surface area contributed by atoms with Crippen molar-refractivity contribution in [2.75, 3.05) is 0 Å². The minimum atomic E-state index is -1.22. The molecule has 1 aromatic heterocycles. The third-order valence-electron chi connectivity index (χ3n) is 2.17. The summed E-state index contributed by atoms with van der Waals surface area (Å²) in [5.41, 5.74) is -0.369. The normalized spacial score (nSPS) is 10.5. The van der Waals surface area contributed by atoms with Crippen LogP contribution in [0.1, 0.15) is 10.5 Å².